The number of furan rings is 2. The highest BCUT2D eigenvalue weighted by Crippen LogP contribution is 2.44. The third kappa shape index (κ3) is 4.76. The summed E-state index contributed by atoms with van der Waals surface area (Å²) in [7, 11) is 0. The van der Waals surface area contributed by atoms with Crippen molar-refractivity contribution in [1.82, 2.24) is 15.0 Å². The molecule has 0 aliphatic rings. The van der Waals surface area contributed by atoms with E-state index in [1.807, 2.05) is 72.8 Å². The molecule has 3 aromatic heterocycles. The summed E-state index contributed by atoms with van der Waals surface area (Å²) in [4.78, 5) is 15.5. The smallest absolute Gasteiger partial charge is 0.164 e. The van der Waals surface area contributed by atoms with E-state index in [0.717, 1.165) is 71.7 Å². The van der Waals surface area contributed by atoms with E-state index in [4.69, 9.17) is 23.8 Å². The van der Waals surface area contributed by atoms with Crippen molar-refractivity contribution in [3.8, 4) is 56.4 Å². The number of hydrogen-bond acceptors (Lipinski definition) is 5. The van der Waals surface area contributed by atoms with Crippen molar-refractivity contribution in [3.63, 3.8) is 0 Å². The van der Waals surface area contributed by atoms with E-state index in [1.165, 1.54) is 21.9 Å². The molecule has 0 fully saturated rings. The summed E-state index contributed by atoms with van der Waals surface area (Å²) in [5.41, 5.74) is 10.4. The molecule has 0 saturated carbocycles. The second kappa shape index (κ2) is 12.1. The minimum atomic E-state index is 0.569. The molecule has 5 heteroatoms. The topological polar surface area (TPSA) is 65.0 Å². The van der Waals surface area contributed by atoms with Gasteiger partial charge in [0.2, 0.25) is 0 Å². The van der Waals surface area contributed by atoms with Crippen LogP contribution in [0.1, 0.15) is 0 Å². The Hall–Kier alpha value is -7.37. The predicted molar refractivity (Wildman–Crippen MR) is 219 cm³/mol. The number of benzene rings is 8. The fourth-order valence-electron chi connectivity index (χ4n) is 7.94. The van der Waals surface area contributed by atoms with Gasteiger partial charge in [0.15, 0.2) is 17.5 Å². The number of fused-ring (bicyclic) bond motifs is 7. The average Bonchev–Trinajstić information content (AvgIpc) is 3.83. The molecule has 0 aliphatic heterocycles. The van der Waals surface area contributed by atoms with Gasteiger partial charge in [-0.1, -0.05) is 158 Å². The van der Waals surface area contributed by atoms with Crippen LogP contribution in [0.3, 0.4) is 0 Å². The molecule has 3 heterocycles. The molecule has 0 saturated heterocycles. The molecule has 0 bridgehead atoms. The number of aromatic nitrogens is 3. The van der Waals surface area contributed by atoms with Crippen molar-refractivity contribution in [3.05, 3.63) is 176 Å². The van der Waals surface area contributed by atoms with Crippen molar-refractivity contribution in [2.75, 3.05) is 0 Å². The van der Waals surface area contributed by atoms with Crippen LogP contribution in [0.15, 0.2) is 185 Å². The Morgan fingerprint density at radius 1 is 0.278 bits per heavy atom. The molecule has 0 radical (unpaired) electrons. The lowest BCUT2D eigenvalue weighted by atomic mass is 9.91. The zero-order valence-electron chi connectivity index (χ0n) is 28.9. The van der Waals surface area contributed by atoms with Crippen LogP contribution in [0.25, 0.3) is 111 Å². The Morgan fingerprint density at radius 3 is 1.48 bits per heavy atom. The molecule has 0 spiro atoms. The van der Waals surface area contributed by atoms with E-state index in [1.54, 1.807) is 0 Å². The van der Waals surface area contributed by atoms with Crippen molar-refractivity contribution < 1.29 is 8.83 Å². The highest BCUT2D eigenvalue weighted by molar-refractivity contribution is 6.17. The second-order valence-electron chi connectivity index (χ2n) is 13.5. The highest BCUT2D eigenvalue weighted by Gasteiger charge is 2.22. The van der Waals surface area contributed by atoms with Gasteiger partial charge in [-0.2, -0.15) is 0 Å². The Morgan fingerprint density at radius 2 is 0.759 bits per heavy atom. The van der Waals surface area contributed by atoms with Crippen LogP contribution < -0.4 is 0 Å². The van der Waals surface area contributed by atoms with Crippen molar-refractivity contribution in [2.24, 2.45) is 0 Å². The summed E-state index contributed by atoms with van der Waals surface area (Å²) in [6, 6.07) is 60.3. The zero-order chi connectivity index (χ0) is 35.6. The van der Waals surface area contributed by atoms with E-state index < -0.39 is 0 Å². The summed E-state index contributed by atoms with van der Waals surface area (Å²) in [5.74, 6) is 1.74. The van der Waals surface area contributed by atoms with Crippen LogP contribution in [0.4, 0.5) is 0 Å². The molecular weight excluding hydrogens is 663 g/mol. The van der Waals surface area contributed by atoms with Crippen LogP contribution >= 0.6 is 0 Å². The molecule has 11 rings (SSSR count). The molecule has 0 aliphatic carbocycles. The van der Waals surface area contributed by atoms with Gasteiger partial charge in [-0.15, -0.1) is 0 Å². The van der Waals surface area contributed by atoms with Crippen LogP contribution in [0.5, 0.6) is 0 Å². The molecule has 11 aromatic rings. The fourth-order valence-corrected chi connectivity index (χ4v) is 7.94. The first kappa shape index (κ1) is 30.3. The molecule has 8 aromatic carbocycles. The number of nitrogens with zero attached hydrogens (tertiary/aromatic N) is 3. The molecule has 54 heavy (non-hydrogen) atoms. The maximum Gasteiger partial charge on any atom is 0.164 e. The lowest BCUT2D eigenvalue weighted by Crippen LogP contribution is -2.00. The SMILES string of the molecule is c1ccc(-c2nc(-c3cccc4oc5ccccc5c34)nc(-c3cccc4oc5c(-c6ccc(-c7ccccc7)c7ccccc67)cccc5c34)n2)cc1. The van der Waals surface area contributed by atoms with Crippen molar-refractivity contribution in [1.29, 1.82) is 0 Å². The molecule has 0 amide bonds. The predicted octanol–water partition coefficient (Wildman–Crippen LogP) is 13.2. The second-order valence-corrected chi connectivity index (χ2v) is 13.5. The van der Waals surface area contributed by atoms with Gasteiger partial charge in [-0.3, -0.25) is 0 Å². The highest BCUT2D eigenvalue weighted by atomic mass is 16.3. The quantitative estimate of drug-likeness (QED) is 0.180. The molecular formula is C49H29N3O2. The van der Waals surface area contributed by atoms with Crippen molar-refractivity contribution >= 4 is 54.6 Å². The third-order valence-corrected chi connectivity index (χ3v) is 10.4. The molecule has 0 N–H and O–H groups in total. The lowest BCUT2D eigenvalue weighted by molar-refractivity contribution is 0.669. The summed E-state index contributed by atoms with van der Waals surface area (Å²) in [6.45, 7) is 0. The van der Waals surface area contributed by atoms with Gasteiger partial charge in [-0.05, 0) is 45.7 Å². The minimum absolute atomic E-state index is 0.569. The van der Waals surface area contributed by atoms with E-state index in [9.17, 15) is 0 Å². The Labute approximate surface area is 309 Å². The van der Waals surface area contributed by atoms with Gasteiger partial charge in [0.1, 0.15) is 22.3 Å². The van der Waals surface area contributed by atoms with Gasteiger partial charge in [-0.25, -0.2) is 15.0 Å². The summed E-state index contributed by atoms with van der Waals surface area (Å²) in [6.07, 6.45) is 0. The fraction of sp³-hybridized carbons (Fsp3) is 0. The number of hydrogen-bond donors (Lipinski definition) is 0. The van der Waals surface area contributed by atoms with Gasteiger partial charge in [0.05, 0.1) is 0 Å². The van der Waals surface area contributed by atoms with Gasteiger partial charge < -0.3 is 8.83 Å². The first-order valence-electron chi connectivity index (χ1n) is 18.0. The van der Waals surface area contributed by atoms with E-state index in [2.05, 4.69) is 103 Å². The van der Waals surface area contributed by atoms with Crippen LogP contribution in [0, 0.1) is 0 Å². The van der Waals surface area contributed by atoms with Crippen molar-refractivity contribution in [2.45, 2.75) is 0 Å². The first-order chi connectivity index (χ1) is 26.8. The molecule has 0 atom stereocenters. The number of rotatable bonds is 5. The minimum Gasteiger partial charge on any atom is -0.456 e. The largest absolute Gasteiger partial charge is 0.456 e. The molecule has 5 nitrogen and oxygen atoms in total. The van der Waals surface area contributed by atoms with E-state index in [-0.39, 0.29) is 0 Å². The van der Waals surface area contributed by atoms with Gasteiger partial charge >= 0.3 is 0 Å². The summed E-state index contributed by atoms with van der Waals surface area (Å²) >= 11 is 0. The zero-order valence-corrected chi connectivity index (χ0v) is 28.9. The van der Waals surface area contributed by atoms with Gasteiger partial charge in [0, 0.05) is 43.8 Å². The maximum absolute atomic E-state index is 6.81. The van der Waals surface area contributed by atoms with Crippen LogP contribution in [-0.2, 0) is 0 Å². The van der Waals surface area contributed by atoms with Crippen LogP contribution in [-0.4, -0.2) is 15.0 Å². The maximum atomic E-state index is 6.81. The average molecular weight is 692 g/mol. The first-order valence-corrected chi connectivity index (χ1v) is 18.0. The number of para-hydroxylation sites is 2. The Kier molecular flexibility index (Phi) is 6.79. The Bertz CT molecular complexity index is 3220. The lowest BCUT2D eigenvalue weighted by Gasteiger charge is -2.12. The monoisotopic (exact) mass is 691 g/mol. The summed E-state index contributed by atoms with van der Waals surface area (Å²) in [5, 5.41) is 6.32. The standard InChI is InChI=1S/C49H29N3O2/c1-3-14-30(15-4-1)32-28-29-35(34-19-8-7-18-33(32)34)36-21-11-22-38-45-40(24-13-27-43(45)54-46(36)38)49-51-47(31-16-5-2-6-17-31)50-48(52-49)39-23-12-26-42-44(39)37-20-9-10-25-41(37)53-42/h1-29H. The normalized spacial score (nSPS) is 11.7. The Balaban J connectivity index is 1.14. The third-order valence-electron chi connectivity index (χ3n) is 10.4. The van der Waals surface area contributed by atoms with E-state index >= 15 is 0 Å². The molecule has 252 valence electrons. The van der Waals surface area contributed by atoms with E-state index in [0.29, 0.717) is 17.5 Å². The summed E-state index contributed by atoms with van der Waals surface area (Å²) < 4.78 is 13.1. The van der Waals surface area contributed by atoms with Crippen LogP contribution in [0.2, 0.25) is 0 Å². The molecule has 0 unspecified atom stereocenters. The van der Waals surface area contributed by atoms with Gasteiger partial charge in [0.25, 0.3) is 0 Å².